The number of carbonyl (C=O) groups excluding carboxylic acids is 1. The highest BCUT2D eigenvalue weighted by molar-refractivity contribution is 9.10. The molecule has 0 spiro atoms. The van der Waals surface area contributed by atoms with Crippen molar-refractivity contribution < 1.29 is 9.53 Å². The maximum absolute atomic E-state index is 12.2. The molecule has 1 atom stereocenters. The van der Waals surface area contributed by atoms with Gasteiger partial charge in [-0.15, -0.1) is 0 Å². The predicted molar refractivity (Wildman–Crippen MR) is 76.0 cm³/mol. The van der Waals surface area contributed by atoms with E-state index in [-0.39, 0.29) is 11.9 Å². The zero-order valence-electron chi connectivity index (χ0n) is 10.0. The number of benzene rings is 1. The van der Waals surface area contributed by atoms with E-state index in [1.165, 1.54) is 0 Å². The lowest BCUT2D eigenvalue weighted by Crippen LogP contribution is -2.36. The summed E-state index contributed by atoms with van der Waals surface area (Å²) in [4.78, 5) is 13.9. The standard InChI is InChI=1S/C12H15Br2NO2/c1-8(7-13)15(2)12(16)10-5-4-9(14)6-11(10)17-3/h4-6,8H,7H2,1-3H3. The molecule has 94 valence electrons. The number of amides is 1. The van der Waals surface area contributed by atoms with Crippen LogP contribution in [-0.4, -0.2) is 36.3 Å². The lowest BCUT2D eigenvalue weighted by atomic mass is 10.1. The molecule has 1 unspecified atom stereocenters. The molecule has 17 heavy (non-hydrogen) atoms. The van der Waals surface area contributed by atoms with Crippen molar-refractivity contribution in [1.29, 1.82) is 0 Å². The van der Waals surface area contributed by atoms with Gasteiger partial charge in [-0.05, 0) is 25.1 Å². The van der Waals surface area contributed by atoms with E-state index in [4.69, 9.17) is 4.74 Å². The summed E-state index contributed by atoms with van der Waals surface area (Å²) in [5.74, 6) is 0.541. The van der Waals surface area contributed by atoms with Gasteiger partial charge in [-0.2, -0.15) is 0 Å². The number of methoxy groups -OCH3 is 1. The minimum Gasteiger partial charge on any atom is -0.496 e. The van der Waals surface area contributed by atoms with Gasteiger partial charge in [0.05, 0.1) is 12.7 Å². The van der Waals surface area contributed by atoms with Gasteiger partial charge in [0.15, 0.2) is 0 Å². The van der Waals surface area contributed by atoms with E-state index in [0.29, 0.717) is 11.3 Å². The third kappa shape index (κ3) is 3.45. The van der Waals surface area contributed by atoms with E-state index in [0.717, 1.165) is 9.80 Å². The van der Waals surface area contributed by atoms with Crippen LogP contribution in [0.25, 0.3) is 0 Å². The van der Waals surface area contributed by atoms with E-state index in [9.17, 15) is 4.79 Å². The number of alkyl halides is 1. The SMILES string of the molecule is COc1cc(Br)ccc1C(=O)N(C)C(C)CBr. The zero-order valence-corrected chi connectivity index (χ0v) is 13.2. The highest BCUT2D eigenvalue weighted by Gasteiger charge is 2.20. The summed E-state index contributed by atoms with van der Waals surface area (Å²) >= 11 is 6.72. The monoisotopic (exact) mass is 363 g/mol. The Morgan fingerprint density at radius 3 is 2.71 bits per heavy atom. The molecule has 1 rings (SSSR count). The summed E-state index contributed by atoms with van der Waals surface area (Å²) in [7, 11) is 3.35. The smallest absolute Gasteiger partial charge is 0.257 e. The molecular weight excluding hydrogens is 350 g/mol. The first-order chi connectivity index (χ1) is 8.01. The van der Waals surface area contributed by atoms with Crippen LogP contribution in [0, 0.1) is 0 Å². The van der Waals surface area contributed by atoms with Crippen molar-refractivity contribution in [3.63, 3.8) is 0 Å². The second kappa shape index (κ2) is 6.40. The zero-order chi connectivity index (χ0) is 13.0. The Balaban J connectivity index is 3.03. The van der Waals surface area contributed by atoms with E-state index in [1.807, 2.05) is 13.0 Å². The van der Waals surface area contributed by atoms with E-state index in [1.54, 1.807) is 31.2 Å². The Morgan fingerprint density at radius 2 is 2.18 bits per heavy atom. The average Bonchev–Trinajstić information content (AvgIpc) is 2.35. The van der Waals surface area contributed by atoms with Crippen molar-refractivity contribution in [2.45, 2.75) is 13.0 Å². The number of hydrogen-bond donors (Lipinski definition) is 0. The quantitative estimate of drug-likeness (QED) is 0.767. The number of rotatable bonds is 4. The molecule has 0 aromatic heterocycles. The highest BCUT2D eigenvalue weighted by atomic mass is 79.9. The largest absolute Gasteiger partial charge is 0.496 e. The number of halogens is 2. The van der Waals surface area contributed by atoms with E-state index < -0.39 is 0 Å². The van der Waals surface area contributed by atoms with Crippen molar-refractivity contribution in [2.24, 2.45) is 0 Å². The van der Waals surface area contributed by atoms with Crippen LogP contribution in [-0.2, 0) is 0 Å². The number of nitrogens with zero attached hydrogens (tertiary/aromatic N) is 1. The van der Waals surface area contributed by atoms with E-state index in [2.05, 4.69) is 31.9 Å². The molecule has 0 aliphatic carbocycles. The summed E-state index contributed by atoms with van der Waals surface area (Å²) in [5.41, 5.74) is 0.575. The Kier molecular flexibility index (Phi) is 5.46. The normalized spacial score (nSPS) is 12.1. The molecular formula is C12H15Br2NO2. The first kappa shape index (κ1) is 14.5. The van der Waals surface area contributed by atoms with Crippen LogP contribution in [0.5, 0.6) is 5.75 Å². The molecule has 0 radical (unpaired) electrons. The third-order valence-corrected chi connectivity index (χ3v) is 4.03. The fourth-order valence-electron chi connectivity index (χ4n) is 1.34. The maximum atomic E-state index is 12.2. The second-order valence-corrected chi connectivity index (χ2v) is 5.33. The molecule has 0 aliphatic heterocycles. The molecule has 0 aliphatic rings. The summed E-state index contributed by atoms with van der Waals surface area (Å²) in [5, 5.41) is 0.744. The first-order valence-corrected chi connectivity index (χ1v) is 7.09. The predicted octanol–water partition coefficient (Wildman–Crippen LogP) is 3.31. The van der Waals surface area contributed by atoms with Crippen LogP contribution in [0.2, 0.25) is 0 Å². The van der Waals surface area contributed by atoms with Crippen molar-refractivity contribution in [1.82, 2.24) is 4.90 Å². The maximum Gasteiger partial charge on any atom is 0.257 e. The number of ether oxygens (including phenoxy) is 1. The van der Waals surface area contributed by atoms with Crippen LogP contribution in [0.15, 0.2) is 22.7 Å². The topological polar surface area (TPSA) is 29.5 Å². The molecule has 1 amide bonds. The minimum atomic E-state index is -0.0405. The first-order valence-electron chi connectivity index (χ1n) is 5.18. The van der Waals surface area contributed by atoms with Crippen LogP contribution in [0.3, 0.4) is 0 Å². The van der Waals surface area contributed by atoms with Crippen LogP contribution in [0.4, 0.5) is 0 Å². The van der Waals surface area contributed by atoms with Crippen LogP contribution >= 0.6 is 31.9 Å². The summed E-state index contributed by atoms with van der Waals surface area (Å²) in [6.45, 7) is 1.98. The Morgan fingerprint density at radius 1 is 1.53 bits per heavy atom. The molecule has 0 saturated carbocycles. The van der Waals surface area contributed by atoms with Crippen LogP contribution < -0.4 is 4.74 Å². The van der Waals surface area contributed by atoms with Gasteiger partial charge in [0.1, 0.15) is 5.75 Å². The van der Waals surface area contributed by atoms with Crippen molar-refractivity contribution in [3.8, 4) is 5.75 Å². The van der Waals surface area contributed by atoms with Gasteiger partial charge in [0, 0.05) is 22.9 Å². The number of carbonyl (C=O) groups is 1. The van der Waals surface area contributed by atoms with Gasteiger partial charge >= 0.3 is 0 Å². The lowest BCUT2D eigenvalue weighted by Gasteiger charge is -2.24. The van der Waals surface area contributed by atoms with Gasteiger partial charge in [0.2, 0.25) is 0 Å². The molecule has 1 aromatic carbocycles. The Hall–Kier alpha value is -0.550. The number of hydrogen-bond acceptors (Lipinski definition) is 2. The highest BCUT2D eigenvalue weighted by Crippen LogP contribution is 2.25. The molecule has 3 nitrogen and oxygen atoms in total. The molecule has 0 fully saturated rings. The molecule has 0 heterocycles. The fraction of sp³-hybridized carbons (Fsp3) is 0.417. The second-order valence-electron chi connectivity index (χ2n) is 3.76. The molecule has 0 saturated heterocycles. The van der Waals surface area contributed by atoms with Gasteiger partial charge in [0.25, 0.3) is 5.91 Å². The molecule has 0 N–H and O–H groups in total. The van der Waals surface area contributed by atoms with Crippen molar-refractivity contribution in [2.75, 3.05) is 19.5 Å². The van der Waals surface area contributed by atoms with Gasteiger partial charge < -0.3 is 9.64 Å². The van der Waals surface area contributed by atoms with Gasteiger partial charge in [-0.25, -0.2) is 0 Å². The van der Waals surface area contributed by atoms with Gasteiger partial charge in [-0.3, -0.25) is 4.79 Å². The third-order valence-electron chi connectivity index (χ3n) is 2.60. The molecule has 1 aromatic rings. The Bertz CT molecular complexity index is 409. The average molecular weight is 365 g/mol. The van der Waals surface area contributed by atoms with Gasteiger partial charge in [-0.1, -0.05) is 31.9 Å². The summed E-state index contributed by atoms with van der Waals surface area (Å²) in [6, 6.07) is 5.53. The van der Waals surface area contributed by atoms with Crippen LogP contribution in [0.1, 0.15) is 17.3 Å². The summed E-state index contributed by atoms with van der Waals surface area (Å²) < 4.78 is 6.11. The Labute approximate surface area is 118 Å². The van der Waals surface area contributed by atoms with E-state index >= 15 is 0 Å². The molecule has 5 heteroatoms. The molecule has 0 bridgehead atoms. The summed E-state index contributed by atoms with van der Waals surface area (Å²) in [6.07, 6.45) is 0. The fourth-order valence-corrected chi connectivity index (χ4v) is 2.11. The lowest BCUT2D eigenvalue weighted by molar-refractivity contribution is 0.0755. The van der Waals surface area contributed by atoms with Crippen molar-refractivity contribution in [3.05, 3.63) is 28.2 Å². The minimum absolute atomic E-state index is 0.0405. The van der Waals surface area contributed by atoms with Crippen molar-refractivity contribution >= 4 is 37.8 Å².